The lowest BCUT2D eigenvalue weighted by Crippen LogP contribution is -2.32. The van der Waals surface area contributed by atoms with Gasteiger partial charge in [-0.15, -0.1) is 0 Å². The van der Waals surface area contributed by atoms with Gasteiger partial charge in [0.1, 0.15) is 17.4 Å². The molecule has 1 atom stereocenters. The molecule has 32 heavy (non-hydrogen) atoms. The van der Waals surface area contributed by atoms with Crippen molar-refractivity contribution in [2.75, 3.05) is 7.11 Å². The number of carbonyl (C=O) groups is 1. The van der Waals surface area contributed by atoms with Gasteiger partial charge in [-0.1, -0.05) is 18.1 Å². The minimum Gasteiger partial charge on any atom is -0.497 e. The second-order valence-electron chi connectivity index (χ2n) is 8.27. The number of hydrogen-bond donors (Lipinski definition) is 0. The molecule has 1 saturated carbocycles. The number of benzene rings is 2. The van der Waals surface area contributed by atoms with E-state index in [1.54, 1.807) is 50.4 Å². The van der Waals surface area contributed by atoms with Crippen molar-refractivity contribution in [2.24, 2.45) is 0 Å². The van der Waals surface area contributed by atoms with E-state index in [4.69, 9.17) is 18.6 Å². The molecule has 1 fully saturated rings. The van der Waals surface area contributed by atoms with E-state index < -0.39 is 12.1 Å². The number of carbonyl (C=O) groups excluding carboxylic acids is 1. The largest absolute Gasteiger partial charge is 0.497 e. The molecule has 2 aromatic carbocycles. The average molecular weight is 437 g/mol. The number of ether oxygens (including phenoxy) is 3. The van der Waals surface area contributed by atoms with Crippen LogP contribution in [-0.4, -0.2) is 25.3 Å². The van der Waals surface area contributed by atoms with Crippen LogP contribution in [0.5, 0.6) is 11.5 Å². The van der Waals surface area contributed by atoms with E-state index in [-0.39, 0.29) is 23.0 Å². The van der Waals surface area contributed by atoms with Crippen LogP contribution in [-0.2, 0) is 9.53 Å². The van der Waals surface area contributed by atoms with Gasteiger partial charge in [0, 0.05) is 5.56 Å². The molecule has 1 aromatic heterocycles. The third-order valence-corrected chi connectivity index (χ3v) is 5.82. The Hall–Kier alpha value is -3.28. The Labute approximate surface area is 187 Å². The fraction of sp³-hybridized carbons (Fsp3) is 0.385. The van der Waals surface area contributed by atoms with Gasteiger partial charge in [0.2, 0.25) is 11.2 Å². The summed E-state index contributed by atoms with van der Waals surface area (Å²) in [4.78, 5) is 26.1. The topological polar surface area (TPSA) is 75.0 Å². The van der Waals surface area contributed by atoms with E-state index in [0.29, 0.717) is 22.3 Å². The van der Waals surface area contributed by atoms with E-state index in [1.165, 1.54) is 6.42 Å². The quantitative estimate of drug-likeness (QED) is 0.480. The maximum absolute atomic E-state index is 13.4. The van der Waals surface area contributed by atoms with E-state index in [0.717, 1.165) is 31.2 Å². The van der Waals surface area contributed by atoms with E-state index in [9.17, 15) is 9.59 Å². The molecule has 4 rings (SSSR count). The number of esters is 1. The summed E-state index contributed by atoms with van der Waals surface area (Å²) in [6.45, 7) is 3.50. The van der Waals surface area contributed by atoms with Crippen molar-refractivity contribution < 1.29 is 23.4 Å². The van der Waals surface area contributed by atoms with Crippen molar-refractivity contribution >= 4 is 16.9 Å². The van der Waals surface area contributed by atoms with E-state index in [2.05, 4.69) is 0 Å². The molecule has 1 aliphatic carbocycles. The second-order valence-corrected chi connectivity index (χ2v) is 8.27. The summed E-state index contributed by atoms with van der Waals surface area (Å²) in [6, 6.07) is 12.5. The third kappa shape index (κ3) is 4.64. The Balaban J connectivity index is 1.71. The van der Waals surface area contributed by atoms with E-state index in [1.807, 2.05) is 13.0 Å². The maximum atomic E-state index is 13.4. The molecule has 168 valence electrons. The van der Waals surface area contributed by atoms with Gasteiger partial charge in [0.05, 0.1) is 12.5 Å². The minimum atomic E-state index is -0.945. The van der Waals surface area contributed by atoms with Crippen LogP contribution in [0.4, 0.5) is 0 Å². The van der Waals surface area contributed by atoms with Crippen molar-refractivity contribution in [3.63, 3.8) is 0 Å². The fourth-order valence-electron chi connectivity index (χ4n) is 4.00. The predicted molar refractivity (Wildman–Crippen MR) is 122 cm³/mol. The first-order chi connectivity index (χ1) is 15.5. The van der Waals surface area contributed by atoms with Crippen LogP contribution in [0.1, 0.15) is 44.6 Å². The van der Waals surface area contributed by atoms with Gasteiger partial charge in [-0.25, -0.2) is 4.79 Å². The zero-order chi connectivity index (χ0) is 22.7. The Morgan fingerprint density at radius 2 is 1.78 bits per heavy atom. The molecule has 6 nitrogen and oxygen atoms in total. The van der Waals surface area contributed by atoms with Gasteiger partial charge in [0.25, 0.3) is 0 Å². The fourth-order valence-corrected chi connectivity index (χ4v) is 4.00. The molecule has 1 aliphatic rings. The van der Waals surface area contributed by atoms with Gasteiger partial charge in [-0.05, 0) is 75.9 Å². The van der Waals surface area contributed by atoms with Crippen LogP contribution in [0.15, 0.2) is 51.7 Å². The maximum Gasteiger partial charge on any atom is 0.347 e. The third-order valence-electron chi connectivity index (χ3n) is 5.82. The highest BCUT2D eigenvalue weighted by molar-refractivity contribution is 5.83. The van der Waals surface area contributed by atoms with Gasteiger partial charge >= 0.3 is 5.97 Å². The minimum absolute atomic E-state index is 0.00126. The van der Waals surface area contributed by atoms with Crippen LogP contribution in [0.25, 0.3) is 22.3 Å². The van der Waals surface area contributed by atoms with Crippen molar-refractivity contribution in [1.82, 2.24) is 0 Å². The lowest BCUT2D eigenvalue weighted by molar-refractivity contribution is -0.158. The lowest BCUT2D eigenvalue weighted by Gasteiger charge is -2.24. The van der Waals surface area contributed by atoms with E-state index >= 15 is 0 Å². The summed E-state index contributed by atoms with van der Waals surface area (Å²) in [7, 11) is 1.58. The first-order valence-corrected chi connectivity index (χ1v) is 11.1. The number of methoxy groups -OCH3 is 1. The van der Waals surface area contributed by atoms with Crippen molar-refractivity contribution in [1.29, 1.82) is 0 Å². The molecular formula is C26H28O6. The number of rotatable bonds is 6. The average Bonchev–Trinajstić information content (AvgIpc) is 2.81. The summed E-state index contributed by atoms with van der Waals surface area (Å²) < 4.78 is 22.9. The first kappa shape index (κ1) is 21.9. The Bertz CT molecular complexity index is 1160. The summed E-state index contributed by atoms with van der Waals surface area (Å²) >= 11 is 0. The molecule has 1 unspecified atom stereocenters. The molecule has 0 bridgehead atoms. The van der Waals surface area contributed by atoms with Gasteiger partial charge < -0.3 is 18.6 Å². The Kier molecular flexibility index (Phi) is 6.49. The highest BCUT2D eigenvalue weighted by atomic mass is 16.6. The summed E-state index contributed by atoms with van der Waals surface area (Å²) in [5.41, 5.74) is 1.71. The SMILES string of the molecule is COc1ccc(-c2oc3ccc(C)cc3c(=O)c2OC(C)C(=O)OC2CCCCC2)cc1. The Morgan fingerprint density at radius 1 is 1.06 bits per heavy atom. The second kappa shape index (κ2) is 9.47. The van der Waals surface area contributed by atoms with Crippen LogP contribution in [0, 0.1) is 6.92 Å². The predicted octanol–water partition coefficient (Wildman–Crippen LogP) is 5.42. The zero-order valence-corrected chi connectivity index (χ0v) is 18.7. The molecule has 0 N–H and O–H groups in total. The smallest absolute Gasteiger partial charge is 0.347 e. The first-order valence-electron chi connectivity index (χ1n) is 11.1. The number of fused-ring (bicyclic) bond motifs is 1. The highest BCUT2D eigenvalue weighted by Gasteiger charge is 2.26. The van der Waals surface area contributed by atoms with Crippen molar-refractivity contribution in [3.8, 4) is 22.8 Å². The molecule has 6 heteroatoms. The molecule has 1 heterocycles. The molecule has 0 amide bonds. The molecule has 0 saturated heterocycles. The van der Waals surface area contributed by atoms with Crippen LogP contribution >= 0.6 is 0 Å². The van der Waals surface area contributed by atoms with Crippen molar-refractivity contribution in [2.45, 2.75) is 58.2 Å². The molecule has 0 radical (unpaired) electrons. The number of hydrogen-bond acceptors (Lipinski definition) is 6. The summed E-state index contributed by atoms with van der Waals surface area (Å²) in [6.07, 6.45) is 3.99. The monoisotopic (exact) mass is 436 g/mol. The van der Waals surface area contributed by atoms with Gasteiger partial charge in [0.15, 0.2) is 11.9 Å². The van der Waals surface area contributed by atoms with Gasteiger partial charge in [-0.2, -0.15) is 0 Å². The number of aryl methyl sites for hydroxylation is 1. The van der Waals surface area contributed by atoms with Crippen molar-refractivity contribution in [3.05, 3.63) is 58.3 Å². The van der Waals surface area contributed by atoms with Crippen LogP contribution in [0.3, 0.4) is 0 Å². The van der Waals surface area contributed by atoms with Crippen LogP contribution < -0.4 is 14.9 Å². The Morgan fingerprint density at radius 3 is 2.47 bits per heavy atom. The normalized spacial score (nSPS) is 15.3. The van der Waals surface area contributed by atoms with Gasteiger partial charge in [-0.3, -0.25) is 4.79 Å². The van der Waals surface area contributed by atoms with Crippen LogP contribution in [0.2, 0.25) is 0 Å². The molecule has 0 spiro atoms. The lowest BCUT2D eigenvalue weighted by atomic mass is 9.98. The molecular weight excluding hydrogens is 408 g/mol. The standard InChI is InChI=1S/C26H28O6/c1-16-9-14-22-21(15-16)23(27)25(24(32-22)18-10-12-19(29-3)13-11-18)30-17(2)26(28)31-20-7-5-4-6-8-20/h9-15,17,20H,4-8H2,1-3H3. The molecule has 3 aromatic rings. The summed E-state index contributed by atoms with van der Waals surface area (Å²) in [5.74, 6) is 0.480. The molecule has 0 aliphatic heterocycles. The summed E-state index contributed by atoms with van der Waals surface area (Å²) in [5, 5.41) is 0.408. The zero-order valence-electron chi connectivity index (χ0n) is 18.7. The highest BCUT2D eigenvalue weighted by Crippen LogP contribution is 2.33.